The molecule has 1 aliphatic rings. The van der Waals surface area contributed by atoms with E-state index >= 15 is 0 Å². The number of carbonyl (C=O) groups excluding carboxylic acids is 1. The monoisotopic (exact) mass is 282 g/mol. The second kappa shape index (κ2) is 6.88. The van der Waals surface area contributed by atoms with E-state index in [4.69, 9.17) is 5.11 Å². The Labute approximate surface area is 116 Å². The molecule has 0 aromatic carbocycles. The molecule has 110 valence electrons. The minimum absolute atomic E-state index is 0.00915. The number of urea groups is 1. The number of piperidine rings is 1. The second-order valence-electron chi connectivity index (χ2n) is 4.78. The highest BCUT2D eigenvalue weighted by Crippen LogP contribution is 2.20. The largest absolute Gasteiger partial charge is 0.481 e. The van der Waals surface area contributed by atoms with Crippen molar-refractivity contribution < 1.29 is 19.2 Å². The lowest BCUT2D eigenvalue weighted by atomic mass is 9.98. The third-order valence-corrected chi connectivity index (χ3v) is 3.38. The topological polar surface area (TPSA) is 109 Å². The molecule has 2 N–H and O–H groups in total. The third kappa shape index (κ3) is 3.94. The van der Waals surface area contributed by atoms with Crippen LogP contribution < -0.4 is 5.32 Å². The van der Waals surface area contributed by atoms with E-state index in [1.54, 1.807) is 4.90 Å². The summed E-state index contributed by atoms with van der Waals surface area (Å²) in [5.41, 5.74) is 0. The minimum atomic E-state index is -0.831. The van der Waals surface area contributed by atoms with E-state index in [0.29, 0.717) is 18.8 Å². The standard InChI is InChI=1S/C12H18N4O4/c17-11(18)5-4-9-3-1-2-6-16(9)12(19)13-7-10-14-8-20-15-10/h8-9H,1-7H2,(H,13,19)(H,17,18). The second-order valence-corrected chi connectivity index (χ2v) is 4.78. The van der Waals surface area contributed by atoms with Crippen molar-refractivity contribution in [1.29, 1.82) is 0 Å². The van der Waals surface area contributed by atoms with Crippen LogP contribution in [-0.4, -0.2) is 44.7 Å². The summed E-state index contributed by atoms with van der Waals surface area (Å²) in [5, 5.41) is 15.1. The van der Waals surface area contributed by atoms with Gasteiger partial charge in [-0.1, -0.05) is 5.16 Å². The number of carboxylic acids is 1. The normalized spacial score (nSPS) is 18.8. The highest BCUT2D eigenvalue weighted by atomic mass is 16.5. The summed E-state index contributed by atoms with van der Waals surface area (Å²) >= 11 is 0. The van der Waals surface area contributed by atoms with Crippen LogP contribution in [0.4, 0.5) is 4.79 Å². The lowest BCUT2D eigenvalue weighted by molar-refractivity contribution is -0.137. The predicted molar refractivity (Wildman–Crippen MR) is 67.7 cm³/mol. The van der Waals surface area contributed by atoms with Crippen LogP contribution in [0.15, 0.2) is 10.9 Å². The van der Waals surface area contributed by atoms with Crippen molar-refractivity contribution in [1.82, 2.24) is 20.4 Å². The summed E-state index contributed by atoms with van der Waals surface area (Å²) in [6.45, 7) is 0.861. The van der Waals surface area contributed by atoms with Crippen LogP contribution in [0.2, 0.25) is 0 Å². The van der Waals surface area contributed by atoms with E-state index in [-0.39, 0.29) is 25.0 Å². The van der Waals surface area contributed by atoms with Gasteiger partial charge in [0.05, 0.1) is 6.54 Å². The Morgan fingerprint density at radius 3 is 3.05 bits per heavy atom. The number of rotatable bonds is 5. The quantitative estimate of drug-likeness (QED) is 0.834. The zero-order chi connectivity index (χ0) is 14.4. The maximum atomic E-state index is 12.1. The van der Waals surface area contributed by atoms with Gasteiger partial charge in [-0.2, -0.15) is 4.98 Å². The fourth-order valence-corrected chi connectivity index (χ4v) is 2.38. The van der Waals surface area contributed by atoms with Crippen molar-refractivity contribution >= 4 is 12.0 Å². The maximum absolute atomic E-state index is 12.1. The van der Waals surface area contributed by atoms with E-state index in [0.717, 1.165) is 19.3 Å². The smallest absolute Gasteiger partial charge is 0.318 e. The first-order valence-electron chi connectivity index (χ1n) is 6.68. The molecule has 1 aromatic rings. The molecular weight excluding hydrogens is 264 g/mol. The van der Waals surface area contributed by atoms with Gasteiger partial charge in [-0.25, -0.2) is 4.79 Å². The molecule has 0 aliphatic carbocycles. The van der Waals surface area contributed by atoms with Gasteiger partial charge in [-0.15, -0.1) is 0 Å². The Hall–Kier alpha value is -2.12. The van der Waals surface area contributed by atoms with Crippen molar-refractivity contribution in [3.8, 4) is 0 Å². The van der Waals surface area contributed by atoms with Gasteiger partial charge in [-0.05, 0) is 25.7 Å². The molecule has 1 aromatic heterocycles. The number of carboxylic acid groups (broad SMARTS) is 1. The van der Waals surface area contributed by atoms with E-state index in [2.05, 4.69) is 20.0 Å². The van der Waals surface area contributed by atoms with Gasteiger partial charge in [0.2, 0.25) is 6.39 Å². The van der Waals surface area contributed by atoms with E-state index < -0.39 is 5.97 Å². The van der Waals surface area contributed by atoms with Gasteiger partial charge in [0.25, 0.3) is 0 Å². The zero-order valence-electron chi connectivity index (χ0n) is 11.1. The van der Waals surface area contributed by atoms with E-state index in [9.17, 15) is 9.59 Å². The molecule has 8 nitrogen and oxygen atoms in total. The Morgan fingerprint density at radius 2 is 2.35 bits per heavy atom. The van der Waals surface area contributed by atoms with Crippen LogP contribution in [0, 0.1) is 0 Å². The van der Waals surface area contributed by atoms with Crippen LogP contribution in [0.1, 0.15) is 37.9 Å². The Bertz CT molecular complexity index is 448. The Morgan fingerprint density at radius 1 is 1.50 bits per heavy atom. The fourth-order valence-electron chi connectivity index (χ4n) is 2.38. The zero-order valence-corrected chi connectivity index (χ0v) is 11.1. The number of carbonyl (C=O) groups is 2. The number of hydrogen-bond acceptors (Lipinski definition) is 5. The minimum Gasteiger partial charge on any atom is -0.481 e. The highest BCUT2D eigenvalue weighted by Gasteiger charge is 2.26. The van der Waals surface area contributed by atoms with Gasteiger partial charge >= 0.3 is 12.0 Å². The number of aromatic nitrogens is 2. The summed E-state index contributed by atoms with van der Waals surface area (Å²) in [4.78, 5) is 28.3. The van der Waals surface area contributed by atoms with Gasteiger partial charge in [0, 0.05) is 19.0 Å². The lowest BCUT2D eigenvalue weighted by Crippen LogP contribution is -2.48. The molecule has 0 saturated carbocycles. The first-order valence-corrected chi connectivity index (χ1v) is 6.68. The number of amides is 2. The van der Waals surface area contributed by atoms with Crippen molar-refractivity contribution in [3.05, 3.63) is 12.2 Å². The number of aliphatic carboxylic acids is 1. The molecule has 2 heterocycles. The van der Waals surface area contributed by atoms with Crippen molar-refractivity contribution in [2.75, 3.05) is 6.54 Å². The van der Waals surface area contributed by atoms with Crippen molar-refractivity contribution in [3.63, 3.8) is 0 Å². The van der Waals surface area contributed by atoms with Gasteiger partial charge < -0.3 is 19.8 Å². The van der Waals surface area contributed by atoms with Gasteiger partial charge in [0.15, 0.2) is 5.82 Å². The fraction of sp³-hybridized carbons (Fsp3) is 0.667. The average Bonchev–Trinajstić information content (AvgIpc) is 2.96. The van der Waals surface area contributed by atoms with Crippen LogP contribution in [0.5, 0.6) is 0 Å². The summed E-state index contributed by atoms with van der Waals surface area (Å²) in [5.74, 6) is -0.417. The SMILES string of the molecule is O=C(O)CCC1CCCCN1C(=O)NCc1ncon1. The van der Waals surface area contributed by atoms with E-state index in [1.807, 2.05) is 0 Å². The molecule has 1 fully saturated rings. The van der Waals surface area contributed by atoms with Crippen LogP contribution in [-0.2, 0) is 11.3 Å². The third-order valence-electron chi connectivity index (χ3n) is 3.38. The first-order chi connectivity index (χ1) is 9.66. The lowest BCUT2D eigenvalue weighted by Gasteiger charge is -2.35. The van der Waals surface area contributed by atoms with Crippen LogP contribution in [0.25, 0.3) is 0 Å². The molecular formula is C12H18N4O4. The number of hydrogen-bond donors (Lipinski definition) is 2. The molecule has 1 unspecified atom stereocenters. The maximum Gasteiger partial charge on any atom is 0.318 e. The molecule has 0 bridgehead atoms. The Balaban J connectivity index is 1.86. The number of likely N-dealkylation sites (tertiary alicyclic amines) is 1. The highest BCUT2D eigenvalue weighted by molar-refractivity contribution is 5.74. The van der Waals surface area contributed by atoms with Crippen molar-refractivity contribution in [2.24, 2.45) is 0 Å². The Kier molecular flexibility index (Phi) is 4.91. The molecule has 20 heavy (non-hydrogen) atoms. The molecule has 2 amide bonds. The van der Waals surface area contributed by atoms with E-state index in [1.165, 1.54) is 6.39 Å². The molecule has 8 heteroatoms. The molecule has 2 rings (SSSR count). The van der Waals surface area contributed by atoms with Gasteiger partial charge in [0.1, 0.15) is 0 Å². The van der Waals surface area contributed by atoms with Gasteiger partial charge in [-0.3, -0.25) is 4.79 Å². The summed E-state index contributed by atoms with van der Waals surface area (Å²) in [7, 11) is 0. The number of nitrogens with zero attached hydrogens (tertiary/aromatic N) is 3. The molecule has 1 saturated heterocycles. The summed E-state index contributed by atoms with van der Waals surface area (Å²) < 4.78 is 4.59. The summed E-state index contributed by atoms with van der Waals surface area (Å²) in [6, 6.07) is -0.213. The van der Waals surface area contributed by atoms with Crippen LogP contribution in [0.3, 0.4) is 0 Å². The molecule has 0 spiro atoms. The van der Waals surface area contributed by atoms with Crippen LogP contribution >= 0.6 is 0 Å². The predicted octanol–water partition coefficient (Wildman–Crippen LogP) is 0.998. The molecule has 0 radical (unpaired) electrons. The first kappa shape index (κ1) is 14.3. The molecule has 1 aliphatic heterocycles. The average molecular weight is 282 g/mol. The van der Waals surface area contributed by atoms with Crippen molar-refractivity contribution in [2.45, 2.75) is 44.7 Å². The summed E-state index contributed by atoms with van der Waals surface area (Å²) in [6.07, 6.45) is 4.60. The number of nitrogens with one attached hydrogen (secondary N) is 1. The molecule has 1 atom stereocenters.